The van der Waals surface area contributed by atoms with Gasteiger partial charge in [0.25, 0.3) is 5.91 Å². The minimum atomic E-state index is -0.262. The molecule has 0 aliphatic carbocycles. The molecule has 0 spiro atoms. The van der Waals surface area contributed by atoms with Crippen molar-refractivity contribution >= 4 is 22.4 Å². The van der Waals surface area contributed by atoms with Crippen molar-refractivity contribution in [3.8, 4) is 16.3 Å². The molecule has 6 heteroatoms. The smallest absolute Gasteiger partial charge is 0.264 e. The normalized spacial score (nSPS) is 10.3. The highest BCUT2D eigenvalue weighted by Crippen LogP contribution is 2.25. The van der Waals surface area contributed by atoms with Crippen LogP contribution < -0.4 is 10.1 Å². The molecule has 0 unspecified atom stereocenters. The van der Waals surface area contributed by atoms with E-state index in [2.05, 4.69) is 15.5 Å². The standard InChI is InChI=1S/C17H15N3O2S/c1-12-6-5-9-14(10-12)22-11-15(21)18-17-20-19-16(23-17)13-7-3-2-4-8-13/h2-10H,11H2,1H3,(H,18,20,21). The zero-order valence-electron chi connectivity index (χ0n) is 12.5. The van der Waals surface area contributed by atoms with Gasteiger partial charge in [-0.3, -0.25) is 10.1 Å². The first kappa shape index (κ1) is 15.2. The zero-order chi connectivity index (χ0) is 16.1. The number of carbonyl (C=O) groups excluding carboxylic acids is 1. The van der Waals surface area contributed by atoms with Crippen molar-refractivity contribution in [2.75, 3.05) is 11.9 Å². The number of benzene rings is 2. The average molecular weight is 325 g/mol. The summed E-state index contributed by atoms with van der Waals surface area (Å²) in [4.78, 5) is 11.9. The van der Waals surface area contributed by atoms with Crippen LogP contribution in [0.3, 0.4) is 0 Å². The Balaban J connectivity index is 1.57. The van der Waals surface area contributed by atoms with Crippen molar-refractivity contribution in [1.82, 2.24) is 10.2 Å². The summed E-state index contributed by atoms with van der Waals surface area (Å²) in [7, 11) is 0. The van der Waals surface area contributed by atoms with E-state index in [9.17, 15) is 4.79 Å². The summed E-state index contributed by atoms with van der Waals surface area (Å²) in [6.07, 6.45) is 0. The summed E-state index contributed by atoms with van der Waals surface area (Å²) >= 11 is 1.33. The van der Waals surface area contributed by atoms with E-state index < -0.39 is 0 Å². The van der Waals surface area contributed by atoms with E-state index in [4.69, 9.17) is 4.74 Å². The lowest BCUT2D eigenvalue weighted by Crippen LogP contribution is -2.20. The number of anilines is 1. The molecular weight excluding hydrogens is 310 g/mol. The molecule has 5 nitrogen and oxygen atoms in total. The molecule has 0 fully saturated rings. The Bertz CT molecular complexity index is 802. The maximum atomic E-state index is 11.9. The van der Waals surface area contributed by atoms with Gasteiger partial charge in [-0.25, -0.2) is 0 Å². The van der Waals surface area contributed by atoms with Gasteiger partial charge < -0.3 is 4.74 Å². The lowest BCUT2D eigenvalue weighted by atomic mass is 10.2. The maximum Gasteiger partial charge on any atom is 0.264 e. The quantitative estimate of drug-likeness (QED) is 0.779. The average Bonchev–Trinajstić information content (AvgIpc) is 3.02. The molecule has 3 rings (SSSR count). The van der Waals surface area contributed by atoms with Gasteiger partial charge in [-0.1, -0.05) is 53.8 Å². The molecule has 0 saturated carbocycles. The molecule has 1 aromatic heterocycles. The van der Waals surface area contributed by atoms with Gasteiger partial charge in [0, 0.05) is 5.56 Å². The third-order valence-electron chi connectivity index (χ3n) is 3.05. The Morgan fingerprint density at radius 1 is 1.13 bits per heavy atom. The van der Waals surface area contributed by atoms with Crippen LogP contribution >= 0.6 is 11.3 Å². The fraction of sp³-hybridized carbons (Fsp3) is 0.118. The number of hydrogen-bond acceptors (Lipinski definition) is 5. The fourth-order valence-corrected chi connectivity index (χ4v) is 2.75. The highest BCUT2D eigenvalue weighted by atomic mass is 32.1. The van der Waals surface area contributed by atoms with Crippen molar-refractivity contribution in [1.29, 1.82) is 0 Å². The minimum Gasteiger partial charge on any atom is -0.484 e. The highest BCUT2D eigenvalue weighted by molar-refractivity contribution is 7.18. The highest BCUT2D eigenvalue weighted by Gasteiger charge is 2.10. The number of nitrogens with zero attached hydrogens (tertiary/aromatic N) is 2. The van der Waals surface area contributed by atoms with Crippen LogP contribution in [0.4, 0.5) is 5.13 Å². The minimum absolute atomic E-state index is 0.0658. The molecule has 1 heterocycles. The monoisotopic (exact) mass is 325 g/mol. The first-order chi connectivity index (χ1) is 11.2. The Morgan fingerprint density at radius 3 is 2.74 bits per heavy atom. The van der Waals surface area contributed by atoms with Crippen LogP contribution in [0, 0.1) is 6.92 Å². The summed E-state index contributed by atoms with van der Waals surface area (Å²) in [6.45, 7) is 1.91. The Kier molecular flexibility index (Phi) is 4.63. The van der Waals surface area contributed by atoms with Gasteiger partial charge in [0.15, 0.2) is 6.61 Å². The molecule has 0 saturated heterocycles. The molecule has 23 heavy (non-hydrogen) atoms. The SMILES string of the molecule is Cc1cccc(OCC(=O)Nc2nnc(-c3ccccc3)s2)c1. The zero-order valence-corrected chi connectivity index (χ0v) is 13.3. The second kappa shape index (κ2) is 7.02. The van der Waals surface area contributed by atoms with Gasteiger partial charge >= 0.3 is 0 Å². The van der Waals surface area contributed by atoms with Gasteiger partial charge in [-0.15, -0.1) is 10.2 Å². The number of hydrogen-bond donors (Lipinski definition) is 1. The summed E-state index contributed by atoms with van der Waals surface area (Å²) in [5.41, 5.74) is 2.06. The van der Waals surface area contributed by atoms with Crippen LogP contribution in [-0.4, -0.2) is 22.7 Å². The first-order valence-corrected chi connectivity index (χ1v) is 7.90. The van der Waals surface area contributed by atoms with Gasteiger partial charge in [0.1, 0.15) is 10.8 Å². The van der Waals surface area contributed by atoms with Crippen LogP contribution in [0.15, 0.2) is 54.6 Å². The van der Waals surface area contributed by atoms with Crippen LogP contribution in [0.1, 0.15) is 5.56 Å². The number of carbonyl (C=O) groups is 1. The van der Waals surface area contributed by atoms with Crippen LogP contribution in [-0.2, 0) is 4.79 Å². The molecule has 3 aromatic rings. The summed E-state index contributed by atoms with van der Waals surface area (Å²) in [6, 6.07) is 17.3. The number of ether oxygens (including phenoxy) is 1. The lowest BCUT2D eigenvalue weighted by molar-refractivity contribution is -0.118. The van der Waals surface area contributed by atoms with Crippen LogP contribution in [0.2, 0.25) is 0 Å². The molecule has 0 atom stereocenters. The van der Waals surface area contributed by atoms with E-state index in [1.807, 2.05) is 61.5 Å². The molecule has 1 amide bonds. The topological polar surface area (TPSA) is 64.1 Å². The van der Waals surface area contributed by atoms with E-state index in [-0.39, 0.29) is 12.5 Å². The Morgan fingerprint density at radius 2 is 1.96 bits per heavy atom. The molecule has 116 valence electrons. The maximum absolute atomic E-state index is 11.9. The Hall–Kier alpha value is -2.73. The van der Waals surface area contributed by atoms with Gasteiger partial charge in [-0.2, -0.15) is 0 Å². The largest absolute Gasteiger partial charge is 0.484 e. The molecular formula is C17H15N3O2S. The van der Waals surface area contributed by atoms with Gasteiger partial charge in [-0.05, 0) is 24.6 Å². The van der Waals surface area contributed by atoms with E-state index in [0.717, 1.165) is 16.1 Å². The molecule has 0 aliphatic rings. The summed E-state index contributed by atoms with van der Waals surface area (Å²) < 4.78 is 5.46. The van der Waals surface area contributed by atoms with Crippen molar-refractivity contribution < 1.29 is 9.53 Å². The van der Waals surface area contributed by atoms with E-state index in [1.165, 1.54) is 11.3 Å². The van der Waals surface area contributed by atoms with Crippen molar-refractivity contribution in [3.63, 3.8) is 0 Å². The van der Waals surface area contributed by atoms with Gasteiger partial charge in [0.2, 0.25) is 5.13 Å². The van der Waals surface area contributed by atoms with Crippen molar-refractivity contribution in [3.05, 3.63) is 60.2 Å². The van der Waals surface area contributed by atoms with E-state index >= 15 is 0 Å². The predicted molar refractivity (Wildman–Crippen MR) is 90.6 cm³/mol. The van der Waals surface area contributed by atoms with Crippen molar-refractivity contribution in [2.24, 2.45) is 0 Å². The second-order valence-electron chi connectivity index (χ2n) is 4.93. The predicted octanol–water partition coefficient (Wildman–Crippen LogP) is 3.53. The van der Waals surface area contributed by atoms with Crippen LogP contribution in [0.5, 0.6) is 5.75 Å². The molecule has 1 N–H and O–H groups in total. The molecule has 2 aromatic carbocycles. The van der Waals surface area contributed by atoms with Gasteiger partial charge in [0.05, 0.1) is 0 Å². The summed E-state index contributed by atoms with van der Waals surface area (Å²) in [5, 5.41) is 12.0. The lowest BCUT2D eigenvalue weighted by Gasteiger charge is -2.05. The third kappa shape index (κ3) is 4.14. The van der Waals surface area contributed by atoms with E-state index in [0.29, 0.717) is 10.9 Å². The molecule has 0 radical (unpaired) electrons. The number of rotatable bonds is 5. The third-order valence-corrected chi connectivity index (χ3v) is 3.94. The van der Waals surface area contributed by atoms with Crippen LogP contribution in [0.25, 0.3) is 10.6 Å². The number of aromatic nitrogens is 2. The molecule has 0 aliphatic heterocycles. The fourth-order valence-electron chi connectivity index (χ4n) is 1.98. The first-order valence-electron chi connectivity index (χ1n) is 7.09. The molecule has 0 bridgehead atoms. The number of aryl methyl sites for hydroxylation is 1. The Labute approximate surface area is 138 Å². The van der Waals surface area contributed by atoms with E-state index in [1.54, 1.807) is 0 Å². The number of nitrogens with one attached hydrogen (secondary N) is 1. The summed E-state index contributed by atoms with van der Waals surface area (Å²) in [5.74, 6) is 0.407. The second-order valence-corrected chi connectivity index (χ2v) is 5.91. The number of amides is 1. The van der Waals surface area contributed by atoms with Crippen molar-refractivity contribution in [2.45, 2.75) is 6.92 Å².